The van der Waals surface area contributed by atoms with Gasteiger partial charge in [-0.3, -0.25) is 0 Å². The number of benzene rings is 2. The normalized spacial score (nSPS) is 17.6. The molecule has 0 bridgehead atoms. The van der Waals surface area contributed by atoms with E-state index in [0.29, 0.717) is 0 Å². The van der Waals surface area contributed by atoms with Crippen LogP contribution in [0.2, 0.25) is 0 Å². The van der Waals surface area contributed by atoms with Gasteiger partial charge in [0, 0.05) is 20.8 Å². The van der Waals surface area contributed by atoms with E-state index in [1.165, 1.54) is 11.6 Å². The lowest BCUT2D eigenvalue weighted by atomic mass is 10.0. The summed E-state index contributed by atoms with van der Waals surface area (Å²) in [6, 6.07) is 11.7. The van der Waals surface area contributed by atoms with E-state index in [1.807, 2.05) is 12.1 Å². The first-order valence-electron chi connectivity index (χ1n) is 6.59. The van der Waals surface area contributed by atoms with Crippen LogP contribution >= 0.6 is 27.7 Å². The van der Waals surface area contributed by atoms with Gasteiger partial charge in [0.2, 0.25) is 0 Å². The lowest BCUT2D eigenvalue weighted by Gasteiger charge is -2.27. The zero-order valence-corrected chi connectivity index (χ0v) is 13.5. The Balaban J connectivity index is 1.94. The van der Waals surface area contributed by atoms with Crippen LogP contribution in [0.25, 0.3) is 0 Å². The van der Waals surface area contributed by atoms with Crippen LogP contribution in [0.4, 0.5) is 10.1 Å². The second-order valence-corrected chi connectivity index (χ2v) is 6.83. The third-order valence-corrected chi connectivity index (χ3v) is 5.76. The Morgan fingerprint density at radius 2 is 2.05 bits per heavy atom. The fourth-order valence-electron chi connectivity index (χ4n) is 2.48. The molecule has 0 saturated heterocycles. The Morgan fingerprint density at radius 3 is 2.90 bits per heavy atom. The zero-order valence-electron chi connectivity index (χ0n) is 11.1. The first-order chi connectivity index (χ1) is 9.66. The van der Waals surface area contributed by atoms with E-state index in [4.69, 9.17) is 0 Å². The van der Waals surface area contributed by atoms with Crippen molar-refractivity contribution in [3.8, 4) is 0 Å². The van der Waals surface area contributed by atoms with Crippen molar-refractivity contribution in [1.82, 2.24) is 0 Å². The SMILES string of the molecule is Cc1cccc(NC2CCSc3c(F)cccc32)c1Br. The van der Waals surface area contributed by atoms with E-state index in [2.05, 4.69) is 40.3 Å². The van der Waals surface area contributed by atoms with E-state index in [1.54, 1.807) is 17.8 Å². The van der Waals surface area contributed by atoms with Crippen LogP contribution in [0.15, 0.2) is 45.8 Å². The molecule has 0 fully saturated rings. The Morgan fingerprint density at radius 1 is 1.25 bits per heavy atom. The van der Waals surface area contributed by atoms with Gasteiger partial charge < -0.3 is 5.32 Å². The number of thioether (sulfide) groups is 1. The fraction of sp³-hybridized carbons (Fsp3) is 0.250. The molecule has 4 heteroatoms. The average molecular weight is 352 g/mol. The molecule has 0 amide bonds. The van der Waals surface area contributed by atoms with Crippen LogP contribution in [-0.4, -0.2) is 5.75 Å². The number of hydrogen-bond donors (Lipinski definition) is 1. The van der Waals surface area contributed by atoms with Gasteiger partial charge in [-0.05, 0) is 52.5 Å². The standard InChI is InChI=1S/C16H15BrFNS/c1-10-4-2-7-14(15(10)17)19-13-8-9-20-16-11(13)5-3-6-12(16)18/h2-7,13,19H,8-9H2,1H3. The molecular formula is C16H15BrFNS. The molecule has 2 aromatic carbocycles. The Labute approximate surface area is 131 Å². The smallest absolute Gasteiger partial charge is 0.137 e. The van der Waals surface area contributed by atoms with E-state index in [-0.39, 0.29) is 11.9 Å². The Hall–Kier alpha value is -1.00. The maximum absolute atomic E-state index is 13.9. The molecule has 1 atom stereocenters. The number of rotatable bonds is 2. The van der Waals surface area contributed by atoms with E-state index in [9.17, 15) is 4.39 Å². The van der Waals surface area contributed by atoms with Crippen LogP contribution in [-0.2, 0) is 0 Å². The Bertz CT molecular complexity index is 644. The van der Waals surface area contributed by atoms with Crippen LogP contribution in [0.5, 0.6) is 0 Å². The first kappa shape index (κ1) is 14.0. The highest BCUT2D eigenvalue weighted by Crippen LogP contribution is 2.40. The highest BCUT2D eigenvalue weighted by Gasteiger charge is 2.23. The maximum atomic E-state index is 13.9. The summed E-state index contributed by atoms with van der Waals surface area (Å²) in [5.41, 5.74) is 3.33. The van der Waals surface area contributed by atoms with Gasteiger partial charge in [0.15, 0.2) is 0 Å². The first-order valence-corrected chi connectivity index (χ1v) is 8.37. The molecule has 20 heavy (non-hydrogen) atoms. The van der Waals surface area contributed by atoms with Crippen molar-refractivity contribution < 1.29 is 4.39 Å². The summed E-state index contributed by atoms with van der Waals surface area (Å²) >= 11 is 5.23. The van der Waals surface area contributed by atoms with Crippen LogP contribution in [0.3, 0.4) is 0 Å². The number of aryl methyl sites for hydroxylation is 1. The molecule has 1 nitrogen and oxygen atoms in total. The van der Waals surface area contributed by atoms with Gasteiger partial charge in [-0.25, -0.2) is 4.39 Å². The Kier molecular flexibility index (Phi) is 4.03. The molecule has 1 N–H and O–H groups in total. The zero-order chi connectivity index (χ0) is 14.1. The predicted molar refractivity (Wildman–Crippen MR) is 87.0 cm³/mol. The minimum Gasteiger partial charge on any atom is -0.377 e. The monoisotopic (exact) mass is 351 g/mol. The van der Waals surface area contributed by atoms with Crippen molar-refractivity contribution >= 4 is 33.4 Å². The van der Waals surface area contributed by atoms with Crippen molar-refractivity contribution in [2.45, 2.75) is 24.3 Å². The number of fused-ring (bicyclic) bond motifs is 1. The second kappa shape index (κ2) is 5.78. The molecule has 1 unspecified atom stereocenters. The molecule has 0 spiro atoms. The summed E-state index contributed by atoms with van der Waals surface area (Å²) in [5, 5.41) is 3.55. The molecule has 1 aliphatic heterocycles. The van der Waals surface area contributed by atoms with Gasteiger partial charge in [0.1, 0.15) is 5.82 Å². The van der Waals surface area contributed by atoms with Gasteiger partial charge in [-0.2, -0.15) is 0 Å². The van der Waals surface area contributed by atoms with Gasteiger partial charge in [0.25, 0.3) is 0 Å². The number of nitrogens with one attached hydrogen (secondary N) is 1. The lowest BCUT2D eigenvalue weighted by molar-refractivity contribution is 0.585. The van der Waals surface area contributed by atoms with Gasteiger partial charge in [-0.1, -0.05) is 24.3 Å². The summed E-state index contributed by atoms with van der Waals surface area (Å²) in [7, 11) is 0. The van der Waals surface area contributed by atoms with Crippen molar-refractivity contribution in [3.05, 3.63) is 57.8 Å². The number of halogens is 2. The predicted octanol–water partition coefficient (Wildman–Crippen LogP) is 5.55. The minimum atomic E-state index is -0.109. The molecule has 1 aliphatic rings. The molecule has 0 saturated carbocycles. The molecule has 0 aliphatic carbocycles. The molecule has 104 valence electrons. The topological polar surface area (TPSA) is 12.0 Å². The molecule has 0 aromatic heterocycles. The number of anilines is 1. The van der Waals surface area contributed by atoms with Crippen molar-refractivity contribution in [2.75, 3.05) is 11.1 Å². The van der Waals surface area contributed by atoms with Crippen molar-refractivity contribution in [3.63, 3.8) is 0 Å². The summed E-state index contributed by atoms with van der Waals surface area (Å²) in [6.07, 6.45) is 1.00. The fourth-order valence-corrected chi connectivity index (χ4v) is 4.00. The second-order valence-electron chi connectivity index (χ2n) is 4.93. The van der Waals surface area contributed by atoms with Crippen LogP contribution < -0.4 is 5.32 Å². The lowest BCUT2D eigenvalue weighted by Crippen LogP contribution is -2.17. The minimum absolute atomic E-state index is 0.109. The van der Waals surface area contributed by atoms with Gasteiger partial charge in [-0.15, -0.1) is 11.8 Å². The molecular weight excluding hydrogens is 337 g/mol. The van der Waals surface area contributed by atoms with E-state index < -0.39 is 0 Å². The van der Waals surface area contributed by atoms with Crippen molar-refractivity contribution in [2.24, 2.45) is 0 Å². The van der Waals surface area contributed by atoms with Crippen LogP contribution in [0, 0.1) is 12.7 Å². The molecule has 2 aromatic rings. The summed E-state index contributed by atoms with van der Waals surface area (Å²) in [6.45, 7) is 2.07. The summed E-state index contributed by atoms with van der Waals surface area (Å²) in [5.74, 6) is 0.831. The third kappa shape index (κ3) is 2.59. The maximum Gasteiger partial charge on any atom is 0.137 e. The molecule has 3 rings (SSSR count). The van der Waals surface area contributed by atoms with Gasteiger partial charge in [0.05, 0.1) is 6.04 Å². The van der Waals surface area contributed by atoms with Gasteiger partial charge >= 0.3 is 0 Å². The van der Waals surface area contributed by atoms with E-state index >= 15 is 0 Å². The summed E-state index contributed by atoms with van der Waals surface area (Å²) in [4.78, 5) is 0.792. The third-order valence-electron chi connectivity index (χ3n) is 3.55. The van der Waals surface area contributed by atoms with E-state index in [0.717, 1.165) is 32.8 Å². The quantitative estimate of drug-likeness (QED) is 0.761. The molecule has 0 radical (unpaired) electrons. The van der Waals surface area contributed by atoms with Crippen LogP contribution in [0.1, 0.15) is 23.6 Å². The highest BCUT2D eigenvalue weighted by atomic mass is 79.9. The highest BCUT2D eigenvalue weighted by molar-refractivity contribution is 9.10. The largest absolute Gasteiger partial charge is 0.377 e. The average Bonchev–Trinajstić information content (AvgIpc) is 2.45. The molecule has 1 heterocycles. The van der Waals surface area contributed by atoms with Crippen molar-refractivity contribution in [1.29, 1.82) is 0 Å². The summed E-state index contributed by atoms with van der Waals surface area (Å²) < 4.78 is 14.9. The number of hydrogen-bond acceptors (Lipinski definition) is 2.